The van der Waals surface area contributed by atoms with Gasteiger partial charge in [-0.05, 0) is 24.5 Å². The molecule has 1 N–H and O–H groups in total. The molecule has 2 rings (SSSR count). The van der Waals surface area contributed by atoms with Crippen LogP contribution in [0.4, 0.5) is 13.2 Å². The first kappa shape index (κ1) is 14.7. The highest BCUT2D eigenvalue weighted by molar-refractivity contribution is 5.16. The molecule has 0 bridgehead atoms. The maximum Gasteiger partial charge on any atom is 0.418 e. The second kappa shape index (κ2) is 6.13. The molecule has 1 unspecified atom stereocenters. The van der Waals surface area contributed by atoms with E-state index in [1.807, 2.05) is 30.3 Å². The molecule has 1 heterocycles. The van der Waals surface area contributed by atoms with Gasteiger partial charge in [-0.15, -0.1) is 0 Å². The Bertz CT molecular complexity index is 534. The summed E-state index contributed by atoms with van der Waals surface area (Å²) in [6, 6.07) is 11.2. The number of hydrogen-bond acceptors (Lipinski definition) is 1. The van der Waals surface area contributed by atoms with E-state index in [9.17, 15) is 13.2 Å². The highest BCUT2D eigenvalue weighted by Crippen LogP contribution is 2.32. The molecule has 20 heavy (non-hydrogen) atoms. The van der Waals surface area contributed by atoms with E-state index in [-0.39, 0.29) is 5.56 Å². The van der Waals surface area contributed by atoms with E-state index in [2.05, 4.69) is 0 Å². The SMILES string of the molecule is OC(c1ccn(CCCc2ccccc2)c1)C(F)(F)F. The van der Waals surface area contributed by atoms with E-state index in [0.29, 0.717) is 6.54 Å². The van der Waals surface area contributed by atoms with Crippen molar-refractivity contribution in [2.24, 2.45) is 0 Å². The van der Waals surface area contributed by atoms with Gasteiger partial charge in [-0.1, -0.05) is 30.3 Å². The van der Waals surface area contributed by atoms with E-state index < -0.39 is 12.3 Å². The van der Waals surface area contributed by atoms with E-state index in [1.54, 1.807) is 10.8 Å². The summed E-state index contributed by atoms with van der Waals surface area (Å²) in [5, 5.41) is 9.14. The molecule has 0 aliphatic heterocycles. The summed E-state index contributed by atoms with van der Waals surface area (Å²) in [6.45, 7) is 0.624. The number of rotatable bonds is 5. The first-order valence-corrected chi connectivity index (χ1v) is 6.41. The van der Waals surface area contributed by atoms with Crippen molar-refractivity contribution in [1.82, 2.24) is 4.57 Å². The highest BCUT2D eigenvalue weighted by Gasteiger charge is 2.39. The third-order valence-electron chi connectivity index (χ3n) is 3.12. The van der Waals surface area contributed by atoms with Crippen LogP contribution in [0, 0.1) is 0 Å². The first-order valence-electron chi connectivity index (χ1n) is 6.41. The monoisotopic (exact) mass is 283 g/mol. The van der Waals surface area contributed by atoms with E-state index in [4.69, 9.17) is 5.11 Å². The van der Waals surface area contributed by atoms with Crippen molar-refractivity contribution in [3.05, 3.63) is 59.9 Å². The van der Waals surface area contributed by atoms with E-state index in [1.165, 1.54) is 17.8 Å². The minimum absolute atomic E-state index is 0.114. The molecule has 0 saturated carbocycles. The van der Waals surface area contributed by atoms with Crippen LogP contribution in [0.25, 0.3) is 0 Å². The summed E-state index contributed by atoms with van der Waals surface area (Å²) in [7, 11) is 0. The number of aliphatic hydroxyl groups excluding tert-OH is 1. The lowest BCUT2D eigenvalue weighted by Crippen LogP contribution is -2.19. The molecule has 0 aliphatic rings. The molecular formula is C15H16F3NO. The van der Waals surface area contributed by atoms with Crippen LogP contribution in [0.15, 0.2) is 48.8 Å². The Hall–Kier alpha value is -1.75. The van der Waals surface area contributed by atoms with E-state index >= 15 is 0 Å². The van der Waals surface area contributed by atoms with Crippen LogP contribution < -0.4 is 0 Å². The van der Waals surface area contributed by atoms with Crippen molar-refractivity contribution >= 4 is 0 Å². The minimum atomic E-state index is -4.61. The summed E-state index contributed by atoms with van der Waals surface area (Å²) in [5.74, 6) is 0. The number of halogens is 3. The quantitative estimate of drug-likeness (QED) is 0.889. The number of hydrogen-bond donors (Lipinski definition) is 1. The summed E-state index contributed by atoms with van der Waals surface area (Å²) in [4.78, 5) is 0. The number of aromatic nitrogens is 1. The summed E-state index contributed by atoms with van der Waals surface area (Å²) >= 11 is 0. The van der Waals surface area contributed by atoms with Crippen LogP contribution in [0.3, 0.4) is 0 Å². The largest absolute Gasteiger partial charge is 0.418 e. The Kier molecular flexibility index (Phi) is 4.49. The zero-order valence-electron chi connectivity index (χ0n) is 10.8. The van der Waals surface area contributed by atoms with Crippen LogP contribution in [0.1, 0.15) is 23.7 Å². The Labute approximate surface area is 115 Å². The van der Waals surface area contributed by atoms with Gasteiger partial charge in [-0.3, -0.25) is 0 Å². The van der Waals surface area contributed by atoms with Crippen LogP contribution in [0.2, 0.25) is 0 Å². The average Bonchev–Trinajstić information content (AvgIpc) is 2.87. The zero-order valence-corrected chi connectivity index (χ0v) is 10.8. The van der Waals surface area contributed by atoms with E-state index in [0.717, 1.165) is 12.8 Å². The molecule has 1 atom stereocenters. The zero-order chi connectivity index (χ0) is 14.6. The minimum Gasteiger partial charge on any atom is -0.379 e. The number of alkyl halides is 3. The van der Waals surface area contributed by atoms with Gasteiger partial charge in [0.05, 0.1) is 0 Å². The third-order valence-corrected chi connectivity index (χ3v) is 3.12. The molecule has 1 aromatic heterocycles. The fourth-order valence-corrected chi connectivity index (χ4v) is 2.06. The lowest BCUT2D eigenvalue weighted by Gasteiger charge is -2.12. The Morgan fingerprint density at radius 2 is 1.80 bits per heavy atom. The normalized spacial score (nSPS) is 13.4. The van der Waals surface area contributed by atoms with Gasteiger partial charge < -0.3 is 9.67 Å². The van der Waals surface area contributed by atoms with Crippen LogP contribution in [-0.4, -0.2) is 15.8 Å². The smallest absolute Gasteiger partial charge is 0.379 e. The van der Waals surface area contributed by atoms with Gasteiger partial charge in [-0.2, -0.15) is 13.2 Å². The van der Waals surface area contributed by atoms with Crippen molar-refractivity contribution in [2.45, 2.75) is 31.7 Å². The fourth-order valence-electron chi connectivity index (χ4n) is 2.06. The molecule has 1 aromatic carbocycles. The van der Waals surface area contributed by atoms with Gasteiger partial charge in [0.1, 0.15) is 0 Å². The van der Waals surface area contributed by atoms with Crippen molar-refractivity contribution in [3.63, 3.8) is 0 Å². The van der Waals surface area contributed by atoms with Gasteiger partial charge in [0.25, 0.3) is 0 Å². The van der Waals surface area contributed by atoms with Gasteiger partial charge >= 0.3 is 6.18 Å². The second-order valence-corrected chi connectivity index (χ2v) is 4.72. The van der Waals surface area contributed by atoms with Crippen molar-refractivity contribution < 1.29 is 18.3 Å². The topological polar surface area (TPSA) is 25.2 Å². The molecular weight excluding hydrogens is 267 g/mol. The van der Waals surface area contributed by atoms with Crippen molar-refractivity contribution in [3.8, 4) is 0 Å². The molecule has 0 saturated heterocycles. The molecule has 0 aliphatic carbocycles. The molecule has 108 valence electrons. The molecule has 0 fully saturated rings. The van der Waals surface area contributed by atoms with Crippen molar-refractivity contribution in [1.29, 1.82) is 0 Å². The summed E-state index contributed by atoms with van der Waals surface area (Å²) in [5.41, 5.74) is 1.09. The Morgan fingerprint density at radius 3 is 2.45 bits per heavy atom. The summed E-state index contributed by atoms with van der Waals surface area (Å²) in [6.07, 6.45) is -2.40. The maximum absolute atomic E-state index is 12.4. The third kappa shape index (κ3) is 3.87. The highest BCUT2D eigenvalue weighted by atomic mass is 19.4. The van der Waals surface area contributed by atoms with Crippen LogP contribution >= 0.6 is 0 Å². The van der Waals surface area contributed by atoms with Gasteiger partial charge in [-0.25, -0.2) is 0 Å². The number of aryl methyl sites for hydroxylation is 2. The second-order valence-electron chi connectivity index (χ2n) is 4.72. The lowest BCUT2D eigenvalue weighted by atomic mass is 10.1. The molecule has 0 spiro atoms. The predicted octanol–water partition coefficient (Wildman–Crippen LogP) is 3.72. The number of nitrogens with zero attached hydrogens (tertiary/aromatic N) is 1. The molecule has 5 heteroatoms. The van der Waals surface area contributed by atoms with Gasteiger partial charge in [0, 0.05) is 24.5 Å². The molecule has 2 aromatic rings. The molecule has 0 radical (unpaired) electrons. The Balaban J connectivity index is 1.87. The molecule has 0 amide bonds. The predicted molar refractivity (Wildman–Crippen MR) is 70.2 cm³/mol. The number of aliphatic hydroxyl groups is 1. The summed E-state index contributed by atoms with van der Waals surface area (Å²) < 4.78 is 38.7. The molecule has 2 nitrogen and oxygen atoms in total. The standard InChI is InChI=1S/C15H16F3NO/c16-15(17,18)14(20)13-8-10-19(11-13)9-4-7-12-5-2-1-3-6-12/h1-3,5-6,8,10-11,14,20H,4,7,9H2. The van der Waals surface area contributed by atoms with Crippen molar-refractivity contribution in [2.75, 3.05) is 0 Å². The first-order chi connectivity index (χ1) is 9.47. The van der Waals surface area contributed by atoms with Crippen LogP contribution in [-0.2, 0) is 13.0 Å². The van der Waals surface area contributed by atoms with Gasteiger partial charge in [0.15, 0.2) is 6.10 Å². The van der Waals surface area contributed by atoms with Crippen LogP contribution in [0.5, 0.6) is 0 Å². The number of benzene rings is 1. The lowest BCUT2D eigenvalue weighted by molar-refractivity contribution is -0.206. The fraction of sp³-hybridized carbons (Fsp3) is 0.333. The Morgan fingerprint density at radius 1 is 1.10 bits per heavy atom. The maximum atomic E-state index is 12.4. The average molecular weight is 283 g/mol. The van der Waals surface area contributed by atoms with Gasteiger partial charge in [0.2, 0.25) is 0 Å².